The molecule has 5 nitrogen and oxygen atoms in total. The Bertz CT molecular complexity index is 480. The topological polar surface area (TPSA) is 72.6 Å². The molecule has 0 aliphatic carbocycles. The standard InChI is InChI=1S/C15H20N2O3/c16-13-8-4-3-7-12(13)15(19)20-11-14(18)17-9-5-1-2-6-10-17/h3-4,7-8H,1-2,5-6,9-11,16H2. The molecular weight excluding hydrogens is 256 g/mol. The summed E-state index contributed by atoms with van der Waals surface area (Å²) in [5, 5.41) is 0. The molecule has 0 saturated carbocycles. The van der Waals surface area contributed by atoms with Crippen molar-refractivity contribution in [2.24, 2.45) is 0 Å². The number of carbonyl (C=O) groups is 2. The van der Waals surface area contributed by atoms with Gasteiger partial charge in [0.25, 0.3) is 5.91 Å². The number of likely N-dealkylation sites (tertiary alicyclic amines) is 1. The lowest BCUT2D eigenvalue weighted by Crippen LogP contribution is -2.35. The predicted octanol–water partition coefficient (Wildman–Crippen LogP) is 1.83. The van der Waals surface area contributed by atoms with Crippen molar-refractivity contribution in [1.82, 2.24) is 4.90 Å². The number of ether oxygens (including phenoxy) is 1. The van der Waals surface area contributed by atoms with Crippen molar-refractivity contribution >= 4 is 17.6 Å². The highest BCUT2D eigenvalue weighted by molar-refractivity contribution is 5.96. The van der Waals surface area contributed by atoms with Crippen molar-refractivity contribution in [1.29, 1.82) is 0 Å². The third-order valence-electron chi connectivity index (χ3n) is 3.47. The summed E-state index contributed by atoms with van der Waals surface area (Å²) in [6, 6.07) is 6.68. The van der Waals surface area contributed by atoms with Crippen molar-refractivity contribution in [3.05, 3.63) is 29.8 Å². The third-order valence-corrected chi connectivity index (χ3v) is 3.47. The van der Waals surface area contributed by atoms with Gasteiger partial charge in [-0.1, -0.05) is 25.0 Å². The Labute approximate surface area is 118 Å². The summed E-state index contributed by atoms with van der Waals surface area (Å²) < 4.78 is 5.05. The van der Waals surface area contributed by atoms with Crippen LogP contribution < -0.4 is 5.73 Å². The first kappa shape index (κ1) is 14.4. The molecule has 1 aromatic rings. The number of rotatable bonds is 3. The quantitative estimate of drug-likeness (QED) is 0.675. The molecule has 2 N–H and O–H groups in total. The molecule has 1 aliphatic heterocycles. The lowest BCUT2D eigenvalue weighted by atomic mass is 10.2. The average Bonchev–Trinajstić information content (AvgIpc) is 2.74. The Morgan fingerprint density at radius 1 is 1.10 bits per heavy atom. The summed E-state index contributed by atoms with van der Waals surface area (Å²) in [5.74, 6) is -0.680. The fourth-order valence-corrected chi connectivity index (χ4v) is 2.30. The van der Waals surface area contributed by atoms with Crippen LogP contribution in [-0.4, -0.2) is 36.5 Å². The van der Waals surface area contributed by atoms with Gasteiger partial charge in [0.15, 0.2) is 6.61 Å². The molecule has 1 aliphatic rings. The molecule has 1 amide bonds. The third kappa shape index (κ3) is 3.73. The van der Waals surface area contributed by atoms with Gasteiger partial charge < -0.3 is 15.4 Å². The van der Waals surface area contributed by atoms with Crippen molar-refractivity contribution in [3.8, 4) is 0 Å². The van der Waals surface area contributed by atoms with Gasteiger partial charge in [-0.05, 0) is 25.0 Å². The average molecular weight is 276 g/mol. The number of hydrogen-bond acceptors (Lipinski definition) is 4. The molecule has 1 aromatic carbocycles. The van der Waals surface area contributed by atoms with Gasteiger partial charge in [-0.2, -0.15) is 0 Å². The second-order valence-electron chi connectivity index (χ2n) is 4.96. The van der Waals surface area contributed by atoms with Gasteiger partial charge in [0.1, 0.15) is 0 Å². The summed E-state index contributed by atoms with van der Waals surface area (Å²) in [6.45, 7) is 1.29. The second kappa shape index (κ2) is 6.93. The lowest BCUT2D eigenvalue weighted by molar-refractivity contribution is -0.134. The van der Waals surface area contributed by atoms with E-state index < -0.39 is 5.97 Å². The Balaban J connectivity index is 1.86. The van der Waals surface area contributed by atoms with Crippen LogP contribution in [-0.2, 0) is 9.53 Å². The van der Waals surface area contributed by atoms with Crippen LogP contribution in [0.5, 0.6) is 0 Å². The first-order chi connectivity index (χ1) is 9.68. The zero-order valence-corrected chi connectivity index (χ0v) is 11.5. The van der Waals surface area contributed by atoms with E-state index in [0.717, 1.165) is 38.8 Å². The van der Waals surface area contributed by atoms with Gasteiger partial charge in [0.05, 0.1) is 5.56 Å². The Kier molecular flexibility index (Phi) is 4.98. The van der Waals surface area contributed by atoms with Gasteiger partial charge in [0.2, 0.25) is 0 Å². The summed E-state index contributed by atoms with van der Waals surface area (Å²) in [6.07, 6.45) is 4.35. The molecular formula is C15H20N2O3. The van der Waals surface area contributed by atoms with Crippen molar-refractivity contribution in [3.63, 3.8) is 0 Å². The molecule has 5 heteroatoms. The van der Waals surface area contributed by atoms with Gasteiger partial charge in [-0.15, -0.1) is 0 Å². The highest BCUT2D eigenvalue weighted by Crippen LogP contribution is 2.13. The molecule has 0 bridgehead atoms. The first-order valence-corrected chi connectivity index (χ1v) is 6.98. The minimum absolute atomic E-state index is 0.130. The summed E-state index contributed by atoms with van der Waals surface area (Å²) in [5.41, 5.74) is 6.36. The zero-order chi connectivity index (χ0) is 14.4. The van der Waals surface area contributed by atoms with E-state index in [1.165, 1.54) is 0 Å². The normalized spacial score (nSPS) is 15.5. The van der Waals surface area contributed by atoms with Crippen LogP contribution >= 0.6 is 0 Å². The van der Waals surface area contributed by atoms with Gasteiger partial charge in [0, 0.05) is 18.8 Å². The number of esters is 1. The van der Waals surface area contributed by atoms with Crippen LogP contribution in [0, 0.1) is 0 Å². The van der Waals surface area contributed by atoms with Crippen LogP contribution in [0.4, 0.5) is 5.69 Å². The number of benzene rings is 1. The number of hydrogen-bond donors (Lipinski definition) is 1. The molecule has 0 spiro atoms. The zero-order valence-electron chi connectivity index (χ0n) is 11.5. The van der Waals surface area contributed by atoms with Gasteiger partial charge in [-0.3, -0.25) is 4.79 Å². The molecule has 2 rings (SSSR count). The van der Waals surface area contributed by atoms with Gasteiger partial charge in [-0.25, -0.2) is 4.79 Å². The van der Waals surface area contributed by atoms with Crippen LogP contribution in [0.3, 0.4) is 0 Å². The minimum atomic E-state index is -0.550. The lowest BCUT2D eigenvalue weighted by Gasteiger charge is -2.20. The van der Waals surface area contributed by atoms with E-state index in [2.05, 4.69) is 0 Å². The number of nitrogen functional groups attached to an aromatic ring is 1. The van der Waals surface area contributed by atoms with Crippen LogP contribution in [0.15, 0.2) is 24.3 Å². The fourth-order valence-electron chi connectivity index (χ4n) is 2.30. The predicted molar refractivity (Wildman–Crippen MR) is 76.2 cm³/mol. The molecule has 0 aromatic heterocycles. The molecule has 108 valence electrons. The Hall–Kier alpha value is -2.04. The van der Waals surface area contributed by atoms with E-state index in [1.54, 1.807) is 29.2 Å². The minimum Gasteiger partial charge on any atom is -0.452 e. The second-order valence-corrected chi connectivity index (χ2v) is 4.96. The van der Waals surface area contributed by atoms with E-state index in [0.29, 0.717) is 11.3 Å². The number of anilines is 1. The maximum absolute atomic E-state index is 12.0. The number of carbonyl (C=O) groups excluding carboxylic acids is 2. The molecule has 0 unspecified atom stereocenters. The molecule has 1 heterocycles. The van der Waals surface area contributed by atoms with E-state index in [4.69, 9.17) is 10.5 Å². The van der Waals surface area contributed by atoms with Crippen LogP contribution in [0.1, 0.15) is 36.0 Å². The van der Waals surface area contributed by atoms with Crippen molar-refractivity contribution in [2.75, 3.05) is 25.4 Å². The largest absolute Gasteiger partial charge is 0.452 e. The Morgan fingerprint density at radius 2 is 1.75 bits per heavy atom. The fraction of sp³-hybridized carbons (Fsp3) is 0.467. The maximum Gasteiger partial charge on any atom is 0.340 e. The van der Waals surface area contributed by atoms with E-state index in [1.807, 2.05) is 0 Å². The maximum atomic E-state index is 12.0. The molecule has 0 radical (unpaired) electrons. The van der Waals surface area contributed by atoms with E-state index in [9.17, 15) is 9.59 Å². The Morgan fingerprint density at radius 3 is 2.40 bits per heavy atom. The smallest absolute Gasteiger partial charge is 0.340 e. The van der Waals surface area contributed by atoms with Crippen molar-refractivity contribution in [2.45, 2.75) is 25.7 Å². The monoisotopic (exact) mass is 276 g/mol. The molecule has 0 atom stereocenters. The number of nitrogens with two attached hydrogens (primary N) is 1. The summed E-state index contributed by atoms with van der Waals surface area (Å²) in [4.78, 5) is 25.6. The van der Waals surface area contributed by atoms with Crippen LogP contribution in [0.2, 0.25) is 0 Å². The number of para-hydroxylation sites is 1. The SMILES string of the molecule is Nc1ccccc1C(=O)OCC(=O)N1CCCCCC1. The first-order valence-electron chi connectivity index (χ1n) is 6.98. The number of nitrogens with zero attached hydrogens (tertiary/aromatic N) is 1. The summed E-state index contributed by atoms with van der Waals surface area (Å²) in [7, 11) is 0. The van der Waals surface area contributed by atoms with Crippen molar-refractivity contribution < 1.29 is 14.3 Å². The molecule has 1 saturated heterocycles. The highest BCUT2D eigenvalue weighted by Gasteiger charge is 2.18. The highest BCUT2D eigenvalue weighted by atomic mass is 16.5. The molecule has 1 fully saturated rings. The van der Waals surface area contributed by atoms with E-state index >= 15 is 0 Å². The number of amides is 1. The van der Waals surface area contributed by atoms with Gasteiger partial charge >= 0.3 is 5.97 Å². The molecule has 20 heavy (non-hydrogen) atoms. The van der Waals surface area contributed by atoms with E-state index in [-0.39, 0.29) is 12.5 Å². The summed E-state index contributed by atoms with van der Waals surface area (Å²) >= 11 is 0. The van der Waals surface area contributed by atoms with Crippen LogP contribution in [0.25, 0.3) is 0 Å².